The van der Waals surface area contributed by atoms with Gasteiger partial charge in [-0.25, -0.2) is 9.37 Å². The second-order valence-corrected chi connectivity index (χ2v) is 5.38. The van der Waals surface area contributed by atoms with Crippen molar-refractivity contribution in [2.75, 3.05) is 37.5 Å². The molecule has 1 aromatic heterocycles. The van der Waals surface area contributed by atoms with Gasteiger partial charge < -0.3 is 15.0 Å². The molecule has 4 nitrogen and oxygen atoms in total. The largest absolute Gasteiger partial charge is 0.493 e. The normalized spacial score (nSPS) is 17.6. The number of benzene rings is 1. The van der Waals surface area contributed by atoms with Gasteiger partial charge in [-0.1, -0.05) is 12.1 Å². The highest BCUT2D eigenvalue weighted by Crippen LogP contribution is 2.30. The number of pyridine rings is 1. The minimum Gasteiger partial charge on any atom is -0.493 e. The molecule has 3 rings (SSSR count). The summed E-state index contributed by atoms with van der Waals surface area (Å²) < 4.78 is 18.7. The van der Waals surface area contributed by atoms with E-state index >= 15 is 0 Å². The maximum Gasteiger partial charge on any atom is 0.169 e. The number of halogens is 1. The molecular formula is C17H20FN3O. The van der Waals surface area contributed by atoms with Gasteiger partial charge in [0.25, 0.3) is 0 Å². The van der Waals surface area contributed by atoms with Crippen molar-refractivity contribution in [2.45, 2.75) is 12.6 Å². The molecule has 2 heterocycles. The van der Waals surface area contributed by atoms with Gasteiger partial charge in [0.1, 0.15) is 6.17 Å². The summed E-state index contributed by atoms with van der Waals surface area (Å²) in [7, 11) is 3.44. The summed E-state index contributed by atoms with van der Waals surface area (Å²) in [6.45, 7) is 1.24. The van der Waals surface area contributed by atoms with Gasteiger partial charge in [0.05, 0.1) is 12.8 Å². The Morgan fingerprint density at radius 2 is 2.18 bits per heavy atom. The van der Waals surface area contributed by atoms with E-state index in [-0.39, 0.29) is 0 Å². The van der Waals surface area contributed by atoms with Crippen LogP contribution in [0.1, 0.15) is 6.42 Å². The molecule has 1 saturated heterocycles. The van der Waals surface area contributed by atoms with E-state index in [0.29, 0.717) is 24.5 Å². The lowest BCUT2D eigenvalue weighted by Gasteiger charge is -2.18. The molecule has 0 spiro atoms. The Morgan fingerprint density at radius 3 is 2.86 bits per heavy atom. The van der Waals surface area contributed by atoms with E-state index in [1.165, 1.54) is 0 Å². The molecule has 1 N–H and O–H groups in total. The quantitative estimate of drug-likeness (QED) is 0.940. The van der Waals surface area contributed by atoms with Crippen molar-refractivity contribution < 1.29 is 9.13 Å². The standard InChI is InChI=1S/C17H20FN3O/c1-19-17-16(22-2)7-6-15(20-17)12-4-3-5-14(10-12)21-9-8-13(18)11-21/h3-7,10,13H,8-9,11H2,1-2H3,(H,19,20). The monoisotopic (exact) mass is 301 g/mol. The molecule has 1 atom stereocenters. The zero-order valence-electron chi connectivity index (χ0n) is 12.8. The van der Waals surface area contributed by atoms with E-state index in [1.807, 2.05) is 37.4 Å². The van der Waals surface area contributed by atoms with Crippen LogP contribution in [0.2, 0.25) is 0 Å². The maximum absolute atomic E-state index is 13.4. The van der Waals surface area contributed by atoms with Crippen molar-refractivity contribution in [2.24, 2.45) is 0 Å². The number of nitrogens with one attached hydrogen (secondary N) is 1. The third-order valence-corrected chi connectivity index (χ3v) is 3.95. The highest BCUT2D eigenvalue weighted by molar-refractivity contribution is 5.68. The Kier molecular flexibility index (Phi) is 4.13. The van der Waals surface area contributed by atoms with Gasteiger partial charge in [-0.15, -0.1) is 0 Å². The van der Waals surface area contributed by atoms with Crippen molar-refractivity contribution in [1.29, 1.82) is 0 Å². The minimum absolute atomic E-state index is 0.473. The fourth-order valence-corrected chi connectivity index (χ4v) is 2.77. The number of ether oxygens (including phenoxy) is 1. The topological polar surface area (TPSA) is 37.4 Å². The van der Waals surface area contributed by atoms with E-state index in [9.17, 15) is 4.39 Å². The molecule has 1 aliphatic rings. The van der Waals surface area contributed by atoms with E-state index in [1.54, 1.807) is 7.11 Å². The molecule has 116 valence electrons. The van der Waals surface area contributed by atoms with Crippen LogP contribution in [0.4, 0.5) is 15.9 Å². The molecule has 0 amide bonds. The molecular weight excluding hydrogens is 281 g/mol. The van der Waals surface area contributed by atoms with E-state index in [4.69, 9.17) is 4.74 Å². The zero-order chi connectivity index (χ0) is 15.5. The van der Waals surface area contributed by atoms with Crippen LogP contribution < -0.4 is 15.0 Å². The van der Waals surface area contributed by atoms with Crippen molar-refractivity contribution in [3.8, 4) is 17.0 Å². The first-order valence-electron chi connectivity index (χ1n) is 7.43. The zero-order valence-corrected chi connectivity index (χ0v) is 12.8. The van der Waals surface area contributed by atoms with Crippen molar-refractivity contribution in [1.82, 2.24) is 4.98 Å². The van der Waals surface area contributed by atoms with E-state index in [0.717, 1.165) is 23.5 Å². The van der Waals surface area contributed by atoms with Crippen LogP contribution in [0.5, 0.6) is 5.75 Å². The fraction of sp³-hybridized carbons (Fsp3) is 0.353. The average molecular weight is 301 g/mol. The number of alkyl halides is 1. The predicted octanol–water partition coefficient (Wildman–Crippen LogP) is 3.35. The van der Waals surface area contributed by atoms with Crippen LogP contribution in [-0.4, -0.2) is 38.4 Å². The SMILES string of the molecule is CNc1nc(-c2cccc(N3CCC(F)C3)c2)ccc1OC. The highest BCUT2D eigenvalue weighted by atomic mass is 19.1. The lowest BCUT2D eigenvalue weighted by molar-refractivity contribution is 0.364. The first-order chi connectivity index (χ1) is 10.7. The van der Waals surface area contributed by atoms with Gasteiger partial charge in [-0.2, -0.15) is 0 Å². The second-order valence-electron chi connectivity index (χ2n) is 5.38. The number of hydrogen-bond acceptors (Lipinski definition) is 4. The summed E-state index contributed by atoms with van der Waals surface area (Å²) in [4.78, 5) is 6.67. The molecule has 1 unspecified atom stereocenters. The fourth-order valence-electron chi connectivity index (χ4n) is 2.77. The van der Waals surface area contributed by atoms with Gasteiger partial charge in [0.2, 0.25) is 0 Å². The molecule has 0 aliphatic carbocycles. The van der Waals surface area contributed by atoms with Crippen LogP contribution in [0.3, 0.4) is 0 Å². The minimum atomic E-state index is -0.723. The summed E-state index contributed by atoms with van der Waals surface area (Å²) in [5, 5.41) is 3.04. The molecule has 22 heavy (non-hydrogen) atoms. The molecule has 1 aliphatic heterocycles. The number of nitrogens with zero attached hydrogens (tertiary/aromatic N) is 2. The second kappa shape index (κ2) is 6.22. The van der Waals surface area contributed by atoms with Crippen molar-refractivity contribution in [3.05, 3.63) is 36.4 Å². The number of methoxy groups -OCH3 is 1. The predicted molar refractivity (Wildman–Crippen MR) is 87.5 cm³/mol. The smallest absolute Gasteiger partial charge is 0.169 e. The molecule has 0 saturated carbocycles. The van der Waals surface area contributed by atoms with Crippen molar-refractivity contribution in [3.63, 3.8) is 0 Å². The molecule has 1 fully saturated rings. The summed E-state index contributed by atoms with van der Waals surface area (Å²) in [5.41, 5.74) is 2.92. The van der Waals surface area contributed by atoms with Crippen LogP contribution in [0.25, 0.3) is 11.3 Å². The third kappa shape index (κ3) is 2.84. The van der Waals surface area contributed by atoms with Gasteiger partial charge >= 0.3 is 0 Å². The van der Waals surface area contributed by atoms with Gasteiger partial charge in [0.15, 0.2) is 11.6 Å². The van der Waals surface area contributed by atoms with Gasteiger partial charge in [0, 0.05) is 31.4 Å². The number of rotatable bonds is 4. The lowest BCUT2D eigenvalue weighted by Crippen LogP contribution is -2.19. The summed E-state index contributed by atoms with van der Waals surface area (Å²) in [6.07, 6.45) is -0.117. The molecule has 5 heteroatoms. The third-order valence-electron chi connectivity index (χ3n) is 3.95. The maximum atomic E-state index is 13.4. The van der Waals surface area contributed by atoms with Gasteiger partial charge in [-0.3, -0.25) is 0 Å². The Labute approximate surface area is 129 Å². The van der Waals surface area contributed by atoms with E-state index < -0.39 is 6.17 Å². The lowest BCUT2D eigenvalue weighted by atomic mass is 10.1. The number of hydrogen-bond donors (Lipinski definition) is 1. The molecule has 1 aromatic carbocycles. The van der Waals surface area contributed by atoms with E-state index in [2.05, 4.69) is 21.3 Å². The number of anilines is 2. The Bertz CT molecular complexity index is 662. The molecule has 2 aromatic rings. The molecule has 0 bridgehead atoms. The van der Waals surface area contributed by atoms with Crippen LogP contribution >= 0.6 is 0 Å². The average Bonchev–Trinajstić information content (AvgIpc) is 3.01. The first kappa shape index (κ1) is 14.6. The first-order valence-corrected chi connectivity index (χ1v) is 7.43. The Balaban J connectivity index is 1.92. The Hall–Kier alpha value is -2.30. The van der Waals surface area contributed by atoms with Crippen molar-refractivity contribution >= 4 is 11.5 Å². The highest BCUT2D eigenvalue weighted by Gasteiger charge is 2.22. The molecule has 0 radical (unpaired) electrons. The summed E-state index contributed by atoms with van der Waals surface area (Å²) in [5.74, 6) is 1.41. The van der Waals surface area contributed by atoms with Crippen LogP contribution in [-0.2, 0) is 0 Å². The number of aromatic nitrogens is 1. The summed E-state index contributed by atoms with van der Waals surface area (Å²) >= 11 is 0. The van der Waals surface area contributed by atoms with Crippen LogP contribution in [0.15, 0.2) is 36.4 Å². The summed E-state index contributed by atoms with van der Waals surface area (Å²) in [6, 6.07) is 11.9. The van der Waals surface area contributed by atoms with Gasteiger partial charge in [-0.05, 0) is 30.7 Å². The Morgan fingerprint density at radius 1 is 1.32 bits per heavy atom. The van der Waals surface area contributed by atoms with Crippen LogP contribution in [0, 0.1) is 0 Å².